The fourth-order valence-electron chi connectivity index (χ4n) is 2.55. The van der Waals surface area contributed by atoms with E-state index in [2.05, 4.69) is 10.1 Å². The minimum absolute atomic E-state index is 0.0316. The van der Waals surface area contributed by atoms with Crippen LogP contribution in [-0.4, -0.2) is 21.4 Å². The highest BCUT2D eigenvalue weighted by atomic mass is 32.2. The molecule has 2 unspecified atom stereocenters. The van der Waals surface area contributed by atoms with Crippen LogP contribution in [0.25, 0.3) is 0 Å². The van der Waals surface area contributed by atoms with Gasteiger partial charge in [0.15, 0.2) is 5.82 Å². The van der Waals surface area contributed by atoms with Crippen molar-refractivity contribution in [1.82, 2.24) is 10.1 Å². The molecule has 21 heavy (non-hydrogen) atoms. The van der Waals surface area contributed by atoms with E-state index < -0.39 is 0 Å². The summed E-state index contributed by atoms with van der Waals surface area (Å²) in [5, 5.41) is 14.0. The third kappa shape index (κ3) is 3.63. The van der Waals surface area contributed by atoms with Crippen LogP contribution in [0.2, 0.25) is 0 Å². The van der Waals surface area contributed by atoms with Crippen molar-refractivity contribution in [2.75, 3.05) is 0 Å². The summed E-state index contributed by atoms with van der Waals surface area (Å²) in [6.07, 6.45) is 3.46. The molecule has 1 aromatic carbocycles. The van der Waals surface area contributed by atoms with Crippen molar-refractivity contribution in [3.63, 3.8) is 0 Å². The second kappa shape index (κ2) is 6.58. The molecule has 1 heterocycles. The van der Waals surface area contributed by atoms with E-state index >= 15 is 0 Å². The molecule has 1 fully saturated rings. The topological polar surface area (TPSA) is 59.2 Å². The van der Waals surface area contributed by atoms with Crippen LogP contribution in [0.3, 0.4) is 0 Å². The smallest absolute Gasteiger partial charge is 0.232 e. The molecule has 1 aromatic heterocycles. The number of aliphatic hydroxyl groups excluding tert-OH is 1. The van der Waals surface area contributed by atoms with E-state index in [-0.39, 0.29) is 17.8 Å². The number of thioether (sulfide) groups is 1. The fraction of sp³-hybridized carbons (Fsp3) is 0.467. The number of hydrogen-bond acceptors (Lipinski definition) is 5. The van der Waals surface area contributed by atoms with Crippen molar-refractivity contribution in [3.8, 4) is 0 Å². The van der Waals surface area contributed by atoms with Gasteiger partial charge in [0, 0.05) is 4.90 Å². The quantitative estimate of drug-likeness (QED) is 0.876. The molecule has 1 N–H and O–H groups in total. The molecule has 3 rings (SSSR count). The Balaban J connectivity index is 1.61. The van der Waals surface area contributed by atoms with Gasteiger partial charge in [-0.15, -0.1) is 11.8 Å². The Bertz CT molecular complexity index is 588. The van der Waals surface area contributed by atoms with Gasteiger partial charge in [-0.2, -0.15) is 4.98 Å². The minimum Gasteiger partial charge on any atom is -0.392 e. The van der Waals surface area contributed by atoms with E-state index in [0.717, 1.165) is 30.6 Å². The fourth-order valence-corrected chi connectivity index (χ4v) is 3.30. The molecule has 1 saturated carbocycles. The van der Waals surface area contributed by atoms with Gasteiger partial charge < -0.3 is 9.63 Å². The summed E-state index contributed by atoms with van der Waals surface area (Å²) < 4.78 is 18.1. The summed E-state index contributed by atoms with van der Waals surface area (Å²) >= 11 is 1.53. The van der Waals surface area contributed by atoms with Gasteiger partial charge in [-0.1, -0.05) is 18.0 Å². The van der Waals surface area contributed by atoms with Crippen molar-refractivity contribution < 1.29 is 14.0 Å². The highest BCUT2D eigenvalue weighted by molar-refractivity contribution is 7.98. The van der Waals surface area contributed by atoms with Crippen LogP contribution in [-0.2, 0) is 5.75 Å². The zero-order valence-electron chi connectivity index (χ0n) is 11.5. The standard InChI is InChI=1S/C15H17FN2O2S/c16-10-5-7-11(8-6-10)21-9-14-17-15(20-18-14)12-3-1-2-4-13(12)19/h5-8,12-13,19H,1-4,9H2. The first-order chi connectivity index (χ1) is 10.2. The maximum Gasteiger partial charge on any atom is 0.232 e. The van der Waals surface area contributed by atoms with Crippen molar-refractivity contribution in [2.24, 2.45) is 0 Å². The molecule has 0 aliphatic heterocycles. The van der Waals surface area contributed by atoms with E-state index in [1.54, 1.807) is 12.1 Å². The molecule has 2 aromatic rings. The second-order valence-electron chi connectivity index (χ2n) is 5.25. The highest BCUT2D eigenvalue weighted by Gasteiger charge is 2.29. The number of halogens is 1. The average Bonchev–Trinajstić information content (AvgIpc) is 2.96. The van der Waals surface area contributed by atoms with E-state index in [9.17, 15) is 9.50 Å². The molecule has 0 radical (unpaired) electrons. The molecule has 0 bridgehead atoms. The van der Waals surface area contributed by atoms with Crippen molar-refractivity contribution in [1.29, 1.82) is 0 Å². The Kier molecular flexibility index (Phi) is 4.55. The minimum atomic E-state index is -0.378. The molecule has 0 spiro atoms. The summed E-state index contributed by atoms with van der Waals surface area (Å²) in [5.74, 6) is 1.44. The lowest BCUT2D eigenvalue weighted by Crippen LogP contribution is -2.22. The predicted molar refractivity (Wildman–Crippen MR) is 77.5 cm³/mol. The molecule has 1 aliphatic rings. The number of rotatable bonds is 4. The van der Waals surface area contributed by atoms with E-state index in [1.165, 1.54) is 23.9 Å². The maximum absolute atomic E-state index is 12.8. The SMILES string of the molecule is OC1CCCCC1c1nc(CSc2ccc(F)cc2)no1. The van der Waals surface area contributed by atoms with Crippen LogP contribution >= 0.6 is 11.8 Å². The Morgan fingerprint density at radius 3 is 2.76 bits per heavy atom. The van der Waals surface area contributed by atoms with Gasteiger partial charge in [0.1, 0.15) is 5.82 Å². The van der Waals surface area contributed by atoms with Crippen molar-refractivity contribution >= 4 is 11.8 Å². The van der Waals surface area contributed by atoms with Crippen LogP contribution in [0.1, 0.15) is 43.3 Å². The molecular weight excluding hydrogens is 291 g/mol. The van der Waals surface area contributed by atoms with Crippen LogP contribution in [0.4, 0.5) is 4.39 Å². The lowest BCUT2D eigenvalue weighted by Gasteiger charge is -2.24. The maximum atomic E-state index is 12.8. The molecule has 6 heteroatoms. The Morgan fingerprint density at radius 2 is 2.00 bits per heavy atom. The van der Waals surface area contributed by atoms with Gasteiger partial charge >= 0.3 is 0 Å². The van der Waals surface area contributed by atoms with Crippen LogP contribution < -0.4 is 0 Å². The molecule has 1 aliphatic carbocycles. The largest absolute Gasteiger partial charge is 0.392 e. The van der Waals surface area contributed by atoms with Crippen molar-refractivity contribution in [3.05, 3.63) is 41.8 Å². The summed E-state index contributed by atoms with van der Waals surface area (Å²) in [7, 11) is 0. The molecule has 0 saturated heterocycles. The molecule has 2 atom stereocenters. The highest BCUT2D eigenvalue weighted by Crippen LogP contribution is 2.32. The van der Waals surface area contributed by atoms with Gasteiger partial charge in [0.25, 0.3) is 0 Å². The first-order valence-corrected chi connectivity index (χ1v) is 8.10. The lowest BCUT2D eigenvalue weighted by molar-refractivity contribution is 0.0908. The van der Waals surface area contributed by atoms with Crippen LogP contribution in [0, 0.1) is 5.82 Å². The number of benzene rings is 1. The van der Waals surface area contributed by atoms with Gasteiger partial charge in [-0.3, -0.25) is 0 Å². The lowest BCUT2D eigenvalue weighted by atomic mass is 9.86. The monoisotopic (exact) mass is 308 g/mol. The first kappa shape index (κ1) is 14.5. The third-order valence-corrected chi connectivity index (χ3v) is 4.72. The van der Waals surface area contributed by atoms with Gasteiger partial charge in [0.05, 0.1) is 17.8 Å². The summed E-state index contributed by atoms with van der Waals surface area (Å²) in [4.78, 5) is 5.34. The first-order valence-electron chi connectivity index (χ1n) is 7.11. The van der Waals surface area contributed by atoms with E-state index in [0.29, 0.717) is 17.5 Å². The Hall–Kier alpha value is -1.40. The molecule has 4 nitrogen and oxygen atoms in total. The van der Waals surface area contributed by atoms with Crippen LogP contribution in [0.15, 0.2) is 33.7 Å². The second-order valence-corrected chi connectivity index (χ2v) is 6.30. The number of hydrogen-bond donors (Lipinski definition) is 1. The zero-order chi connectivity index (χ0) is 14.7. The summed E-state index contributed by atoms with van der Waals surface area (Å²) in [6, 6.07) is 6.32. The Morgan fingerprint density at radius 1 is 1.24 bits per heavy atom. The average molecular weight is 308 g/mol. The molecule has 0 amide bonds. The number of nitrogens with zero attached hydrogens (tertiary/aromatic N) is 2. The zero-order valence-corrected chi connectivity index (χ0v) is 12.4. The van der Waals surface area contributed by atoms with Gasteiger partial charge in [-0.25, -0.2) is 4.39 Å². The van der Waals surface area contributed by atoms with Gasteiger partial charge in [-0.05, 0) is 37.1 Å². The molecule has 112 valence electrons. The predicted octanol–water partition coefficient (Wildman–Crippen LogP) is 3.52. The third-order valence-electron chi connectivity index (χ3n) is 3.71. The normalized spacial score (nSPS) is 22.4. The Labute approximate surface area is 126 Å². The number of aromatic nitrogens is 2. The van der Waals surface area contributed by atoms with Gasteiger partial charge in [0.2, 0.25) is 5.89 Å². The van der Waals surface area contributed by atoms with Crippen molar-refractivity contribution in [2.45, 2.75) is 48.4 Å². The van der Waals surface area contributed by atoms with E-state index in [4.69, 9.17) is 4.52 Å². The van der Waals surface area contributed by atoms with E-state index in [1.807, 2.05) is 0 Å². The molecular formula is C15H17FN2O2S. The summed E-state index contributed by atoms with van der Waals surface area (Å²) in [5.41, 5.74) is 0. The summed E-state index contributed by atoms with van der Waals surface area (Å²) in [6.45, 7) is 0. The number of aliphatic hydroxyl groups is 1. The van der Waals surface area contributed by atoms with Crippen LogP contribution in [0.5, 0.6) is 0 Å².